The molecule has 2 fully saturated rings. The molecule has 2 aromatic heterocycles. The number of pyridine rings is 2. The fourth-order valence-electron chi connectivity index (χ4n) is 4.68. The van der Waals surface area contributed by atoms with Crippen molar-refractivity contribution in [2.45, 2.75) is 6.92 Å². The molecule has 0 unspecified atom stereocenters. The first-order chi connectivity index (χ1) is 17.4. The molecule has 1 amide bonds. The normalized spacial score (nSPS) is 16.4. The number of aromatic nitrogens is 2. The highest BCUT2D eigenvalue weighted by Gasteiger charge is 2.26. The van der Waals surface area contributed by atoms with E-state index in [1.807, 2.05) is 30.0 Å². The van der Waals surface area contributed by atoms with Crippen molar-refractivity contribution in [3.05, 3.63) is 47.5 Å². The van der Waals surface area contributed by atoms with Gasteiger partial charge in [0.1, 0.15) is 29.1 Å². The molecule has 1 aromatic carbocycles. The van der Waals surface area contributed by atoms with Crippen molar-refractivity contribution in [2.75, 3.05) is 74.7 Å². The molecule has 5 rings (SSSR count). The number of amides is 1. The van der Waals surface area contributed by atoms with E-state index in [1.54, 1.807) is 4.90 Å². The molecule has 4 heterocycles. The topological polar surface area (TPSA) is 83.1 Å². The number of hydrogen-bond donors (Lipinski definition) is 1. The molecule has 0 spiro atoms. The predicted molar refractivity (Wildman–Crippen MR) is 133 cm³/mol. The number of rotatable bonds is 4. The van der Waals surface area contributed by atoms with Gasteiger partial charge in [-0.1, -0.05) is 6.07 Å². The molecule has 0 bridgehead atoms. The van der Waals surface area contributed by atoms with Crippen molar-refractivity contribution in [3.8, 4) is 0 Å². The van der Waals surface area contributed by atoms with E-state index in [0.29, 0.717) is 62.3 Å². The summed E-state index contributed by atoms with van der Waals surface area (Å²) in [4.78, 5) is 27.0. The van der Waals surface area contributed by atoms with Crippen LogP contribution in [-0.2, 0) is 9.47 Å². The van der Waals surface area contributed by atoms with Gasteiger partial charge < -0.3 is 29.5 Å². The molecule has 11 heteroatoms. The second-order valence-corrected chi connectivity index (χ2v) is 8.77. The summed E-state index contributed by atoms with van der Waals surface area (Å²) in [6.45, 7) is 6.53. The van der Waals surface area contributed by atoms with Crippen LogP contribution < -0.4 is 15.1 Å². The molecule has 2 aliphatic heterocycles. The maximum Gasteiger partial charge on any atom is 0.409 e. The smallest absolute Gasteiger partial charge is 0.409 e. The molecule has 0 radical (unpaired) electrons. The minimum atomic E-state index is -0.700. The zero-order chi connectivity index (χ0) is 25.2. The van der Waals surface area contributed by atoms with Crippen LogP contribution in [0.1, 0.15) is 5.56 Å². The Labute approximate surface area is 207 Å². The maximum atomic E-state index is 15.1. The first-order valence-corrected chi connectivity index (χ1v) is 11.9. The molecule has 2 saturated heterocycles. The molecule has 2 aliphatic rings. The van der Waals surface area contributed by atoms with Gasteiger partial charge in [-0.3, -0.25) is 0 Å². The van der Waals surface area contributed by atoms with Crippen molar-refractivity contribution in [1.82, 2.24) is 14.9 Å². The Bertz CT molecular complexity index is 1280. The standard InChI is InChI=1S/C25H28F2N6O3/c1-16-23(30-20-4-3-5-21(29-20)31-10-12-36-13-11-31)22-18(27)14-17(26)15-19(22)28-24(16)32-6-8-33(9-7-32)25(34)35-2/h3-5,14-15H,6-13H2,1-2H3,(H,28,29,30). The van der Waals surface area contributed by atoms with Crippen LogP contribution in [0.2, 0.25) is 0 Å². The Morgan fingerprint density at radius 1 is 1.03 bits per heavy atom. The lowest BCUT2D eigenvalue weighted by molar-refractivity contribution is 0.121. The predicted octanol–water partition coefficient (Wildman–Crippen LogP) is 3.69. The van der Waals surface area contributed by atoms with E-state index in [1.165, 1.54) is 13.2 Å². The largest absolute Gasteiger partial charge is 0.453 e. The number of ether oxygens (including phenoxy) is 2. The number of carbonyl (C=O) groups is 1. The third kappa shape index (κ3) is 4.70. The molecular weight excluding hydrogens is 470 g/mol. The molecular formula is C25H28F2N6O3. The van der Waals surface area contributed by atoms with Crippen LogP contribution in [0.3, 0.4) is 0 Å². The van der Waals surface area contributed by atoms with Gasteiger partial charge in [0.15, 0.2) is 0 Å². The highest BCUT2D eigenvalue weighted by Crippen LogP contribution is 2.37. The number of fused-ring (bicyclic) bond motifs is 1. The Kier molecular flexibility index (Phi) is 6.73. The second-order valence-electron chi connectivity index (χ2n) is 8.77. The van der Waals surface area contributed by atoms with Gasteiger partial charge in [0.2, 0.25) is 0 Å². The minimum absolute atomic E-state index is 0.199. The van der Waals surface area contributed by atoms with Crippen molar-refractivity contribution >= 4 is 40.1 Å². The number of benzene rings is 1. The third-order valence-corrected chi connectivity index (χ3v) is 6.56. The van der Waals surface area contributed by atoms with Crippen molar-refractivity contribution in [2.24, 2.45) is 0 Å². The van der Waals surface area contributed by atoms with Gasteiger partial charge in [0, 0.05) is 57.0 Å². The maximum absolute atomic E-state index is 15.1. The highest BCUT2D eigenvalue weighted by atomic mass is 19.1. The molecule has 36 heavy (non-hydrogen) atoms. The second kappa shape index (κ2) is 10.1. The average Bonchev–Trinajstić information content (AvgIpc) is 2.90. The summed E-state index contributed by atoms with van der Waals surface area (Å²) >= 11 is 0. The molecule has 190 valence electrons. The summed E-state index contributed by atoms with van der Waals surface area (Å²) in [6, 6.07) is 7.72. The SMILES string of the molecule is COC(=O)N1CCN(c2nc3cc(F)cc(F)c3c(Nc3cccc(N4CCOCC4)n3)c2C)CC1. The van der Waals surface area contributed by atoms with Gasteiger partial charge in [-0.15, -0.1) is 0 Å². The van der Waals surface area contributed by atoms with E-state index in [-0.39, 0.29) is 17.0 Å². The number of nitrogens with one attached hydrogen (secondary N) is 1. The van der Waals surface area contributed by atoms with Crippen LogP contribution in [-0.4, -0.2) is 80.6 Å². The zero-order valence-corrected chi connectivity index (χ0v) is 20.3. The fourth-order valence-corrected chi connectivity index (χ4v) is 4.68. The van der Waals surface area contributed by atoms with E-state index in [9.17, 15) is 9.18 Å². The molecule has 1 N–H and O–H groups in total. The number of nitrogens with zero attached hydrogens (tertiary/aromatic N) is 5. The Morgan fingerprint density at radius 3 is 2.50 bits per heavy atom. The summed E-state index contributed by atoms with van der Waals surface area (Å²) in [5, 5.41) is 3.49. The van der Waals surface area contributed by atoms with Crippen LogP contribution in [0, 0.1) is 18.6 Å². The quantitative estimate of drug-likeness (QED) is 0.584. The van der Waals surface area contributed by atoms with E-state index < -0.39 is 11.6 Å². The highest BCUT2D eigenvalue weighted by molar-refractivity contribution is 5.97. The monoisotopic (exact) mass is 498 g/mol. The van der Waals surface area contributed by atoms with Crippen molar-refractivity contribution < 1.29 is 23.0 Å². The first kappa shape index (κ1) is 24.0. The summed E-state index contributed by atoms with van der Waals surface area (Å²) in [7, 11) is 1.35. The van der Waals surface area contributed by atoms with Gasteiger partial charge in [0.05, 0.1) is 36.9 Å². The van der Waals surface area contributed by atoms with Crippen LogP contribution in [0.4, 0.5) is 36.7 Å². The van der Waals surface area contributed by atoms with Crippen LogP contribution in [0.25, 0.3) is 10.9 Å². The molecule has 0 atom stereocenters. The number of halogens is 2. The van der Waals surface area contributed by atoms with E-state index >= 15 is 4.39 Å². The van der Waals surface area contributed by atoms with Gasteiger partial charge in [-0.25, -0.2) is 23.5 Å². The number of piperazine rings is 1. The third-order valence-electron chi connectivity index (χ3n) is 6.56. The first-order valence-electron chi connectivity index (χ1n) is 11.9. The minimum Gasteiger partial charge on any atom is -0.453 e. The lowest BCUT2D eigenvalue weighted by Crippen LogP contribution is -2.49. The fraction of sp³-hybridized carbons (Fsp3) is 0.400. The van der Waals surface area contributed by atoms with Crippen LogP contribution in [0.5, 0.6) is 0 Å². The lowest BCUT2D eigenvalue weighted by atomic mass is 10.1. The molecule has 9 nitrogen and oxygen atoms in total. The van der Waals surface area contributed by atoms with Crippen molar-refractivity contribution in [3.63, 3.8) is 0 Å². The summed E-state index contributed by atoms with van der Waals surface area (Å²) in [6.07, 6.45) is -0.379. The Balaban J connectivity index is 1.52. The number of methoxy groups -OCH3 is 1. The van der Waals surface area contributed by atoms with Crippen LogP contribution >= 0.6 is 0 Å². The number of anilines is 4. The van der Waals surface area contributed by atoms with Gasteiger partial charge in [-0.2, -0.15) is 0 Å². The number of carbonyl (C=O) groups excluding carboxylic acids is 1. The number of hydrogen-bond acceptors (Lipinski definition) is 8. The van der Waals surface area contributed by atoms with Gasteiger partial charge in [0.25, 0.3) is 0 Å². The molecule has 3 aromatic rings. The summed E-state index contributed by atoms with van der Waals surface area (Å²) in [5.74, 6) is 0.541. The van der Waals surface area contributed by atoms with E-state index in [2.05, 4.69) is 15.2 Å². The molecule has 0 aliphatic carbocycles. The lowest BCUT2D eigenvalue weighted by Gasteiger charge is -2.35. The van der Waals surface area contributed by atoms with Crippen LogP contribution in [0.15, 0.2) is 30.3 Å². The zero-order valence-electron chi connectivity index (χ0n) is 20.3. The Morgan fingerprint density at radius 2 is 1.78 bits per heavy atom. The van der Waals surface area contributed by atoms with Gasteiger partial charge >= 0.3 is 6.09 Å². The average molecular weight is 499 g/mol. The van der Waals surface area contributed by atoms with E-state index in [4.69, 9.17) is 14.5 Å². The van der Waals surface area contributed by atoms with Crippen molar-refractivity contribution in [1.29, 1.82) is 0 Å². The summed E-state index contributed by atoms with van der Waals surface area (Å²) < 4.78 is 39.5. The number of morpholine rings is 1. The molecule has 0 saturated carbocycles. The van der Waals surface area contributed by atoms with E-state index in [0.717, 1.165) is 25.0 Å². The summed E-state index contributed by atoms with van der Waals surface area (Å²) in [5.41, 5.74) is 1.39. The van der Waals surface area contributed by atoms with Gasteiger partial charge in [-0.05, 0) is 19.1 Å². The Hall–Kier alpha value is -3.73.